The zero-order valence-electron chi connectivity index (χ0n) is 45.2. The number of hydrogen-bond donors (Lipinski definition) is 0. The molecular weight excluding hydrogens is 894 g/mol. The van der Waals surface area contributed by atoms with Crippen LogP contribution in [0.5, 0.6) is 0 Å². The second-order valence-electron chi connectivity index (χ2n) is 19.2. The van der Waals surface area contributed by atoms with Crippen molar-refractivity contribution in [2.45, 2.75) is 213 Å². The summed E-state index contributed by atoms with van der Waals surface area (Å²) in [5, 5.41) is 0. The van der Waals surface area contributed by atoms with Crippen molar-refractivity contribution in [1.82, 2.24) is 0 Å². The molecule has 0 amide bonds. The van der Waals surface area contributed by atoms with E-state index in [1.807, 2.05) is 21.1 Å². The monoisotopic (exact) mass is 996 g/mol. The Kier molecular flexibility index (Phi) is 48.2. The fourth-order valence-corrected chi connectivity index (χ4v) is 7.79. The predicted molar refractivity (Wildman–Crippen MR) is 295 cm³/mol. The molecule has 0 saturated heterocycles. The van der Waals surface area contributed by atoms with Crippen LogP contribution in [-0.2, 0) is 32.7 Å². The molecular formula is C60H102NO8P. The Hall–Kier alpha value is -3.33. The summed E-state index contributed by atoms with van der Waals surface area (Å²) in [5.41, 5.74) is 0. The van der Waals surface area contributed by atoms with Crippen LogP contribution < -0.4 is 4.89 Å². The number of carbonyl (C=O) groups excluding carboxylic acids is 2. The molecule has 10 heteroatoms. The average molecular weight is 996 g/mol. The minimum absolute atomic E-state index is 0.0424. The van der Waals surface area contributed by atoms with Crippen LogP contribution >= 0.6 is 7.82 Å². The van der Waals surface area contributed by atoms with Gasteiger partial charge >= 0.3 is 11.9 Å². The van der Waals surface area contributed by atoms with E-state index in [0.29, 0.717) is 17.4 Å². The second-order valence-corrected chi connectivity index (χ2v) is 20.6. The highest BCUT2D eigenvalue weighted by atomic mass is 31.2. The van der Waals surface area contributed by atoms with E-state index < -0.39 is 32.5 Å². The molecule has 0 N–H and O–H groups in total. The summed E-state index contributed by atoms with van der Waals surface area (Å²) in [5.74, 6) is -0.876. The number of unbranched alkanes of at least 4 members (excludes halogenated alkanes) is 17. The molecule has 0 aromatic heterocycles. The molecule has 0 saturated carbocycles. The molecule has 0 rings (SSSR count). The van der Waals surface area contributed by atoms with E-state index in [0.717, 1.165) is 96.3 Å². The standard InChI is InChI=1S/C60H102NO8P/c1-6-8-10-12-14-16-18-20-22-23-24-25-26-27-28-29-30-31-32-33-34-35-36-37-39-41-43-45-47-49-51-53-60(63)69-58(57-68-70(64,65)67-55-54-61(3,4)5)56-66-59(62)52-50-48-46-44-42-40-38-21-19-17-15-13-11-9-7-2/h8,10,14,16,20,22,24-25,27-28,30-31,33-34,36-37,41,43,58H,6-7,9,11-13,15,17-19,21,23,26,29,32,35,38-40,42,44-57H2,1-5H3/b10-8-,16-14-,22-20-,25-24-,28-27-,31-30-,34-33-,37-36-,43-41-. The van der Waals surface area contributed by atoms with Gasteiger partial charge in [-0.15, -0.1) is 0 Å². The third-order valence-corrected chi connectivity index (χ3v) is 12.3. The number of rotatable bonds is 49. The highest BCUT2D eigenvalue weighted by Crippen LogP contribution is 2.38. The maximum absolute atomic E-state index is 12.8. The Bertz CT molecular complexity index is 1550. The van der Waals surface area contributed by atoms with E-state index in [-0.39, 0.29) is 26.1 Å². The molecule has 0 aromatic rings. The van der Waals surface area contributed by atoms with Gasteiger partial charge in [-0.3, -0.25) is 14.2 Å². The SMILES string of the molecule is CC/C=C\C/C=C\C/C=C\C/C=C\C/C=C\C/C=C\C/C=C\C/C=C\C/C=C\CCCCCC(=O)OC(COC(=O)CCCCCCCCCCCCCCCCC)COP(=O)([O-])OCC[N+](C)(C)C. The zero-order valence-corrected chi connectivity index (χ0v) is 46.1. The van der Waals surface area contributed by atoms with Crippen molar-refractivity contribution >= 4 is 19.8 Å². The summed E-state index contributed by atoms with van der Waals surface area (Å²) in [4.78, 5) is 37.8. The number of phosphoric acid groups is 1. The maximum Gasteiger partial charge on any atom is 0.306 e. The predicted octanol–water partition coefficient (Wildman–Crippen LogP) is 16.4. The minimum atomic E-state index is -4.65. The van der Waals surface area contributed by atoms with Gasteiger partial charge in [-0.2, -0.15) is 0 Å². The molecule has 0 radical (unpaired) electrons. The number of carbonyl (C=O) groups is 2. The molecule has 0 aliphatic rings. The molecule has 70 heavy (non-hydrogen) atoms. The van der Waals surface area contributed by atoms with Gasteiger partial charge in [0.1, 0.15) is 19.8 Å². The van der Waals surface area contributed by atoms with Crippen molar-refractivity contribution in [3.8, 4) is 0 Å². The number of esters is 2. The fourth-order valence-electron chi connectivity index (χ4n) is 7.06. The lowest BCUT2D eigenvalue weighted by molar-refractivity contribution is -0.870. The van der Waals surface area contributed by atoms with Crippen LogP contribution in [-0.4, -0.2) is 70.0 Å². The van der Waals surface area contributed by atoms with Gasteiger partial charge in [0.15, 0.2) is 6.10 Å². The summed E-state index contributed by atoms with van der Waals surface area (Å²) < 4.78 is 34.0. The quantitative estimate of drug-likeness (QED) is 0.0195. The van der Waals surface area contributed by atoms with Crippen molar-refractivity contribution in [1.29, 1.82) is 0 Å². The van der Waals surface area contributed by atoms with E-state index >= 15 is 0 Å². The van der Waals surface area contributed by atoms with Gasteiger partial charge in [-0.05, 0) is 83.5 Å². The number of likely N-dealkylation sites (N-methyl/N-ethyl adjacent to an activating group) is 1. The van der Waals surface area contributed by atoms with Gasteiger partial charge in [0.2, 0.25) is 0 Å². The van der Waals surface area contributed by atoms with Crippen LogP contribution in [0, 0.1) is 0 Å². The normalized spacial score (nSPS) is 14.2. The minimum Gasteiger partial charge on any atom is -0.756 e. The third kappa shape index (κ3) is 54.0. The summed E-state index contributed by atoms with van der Waals surface area (Å²) in [6.45, 7) is 4.07. The molecule has 2 atom stereocenters. The number of ether oxygens (including phenoxy) is 2. The molecule has 400 valence electrons. The number of nitrogens with zero attached hydrogens (tertiary/aromatic N) is 1. The van der Waals surface area contributed by atoms with Gasteiger partial charge in [-0.25, -0.2) is 0 Å². The number of hydrogen-bond acceptors (Lipinski definition) is 8. The number of phosphoric ester groups is 1. The van der Waals surface area contributed by atoms with Gasteiger partial charge in [0.25, 0.3) is 7.82 Å². The zero-order chi connectivity index (χ0) is 51.3. The van der Waals surface area contributed by atoms with Crippen LogP contribution in [0.15, 0.2) is 109 Å². The Labute approximate surface area is 429 Å². The second kappa shape index (κ2) is 50.6. The molecule has 9 nitrogen and oxygen atoms in total. The van der Waals surface area contributed by atoms with Crippen molar-refractivity contribution in [2.75, 3.05) is 47.5 Å². The summed E-state index contributed by atoms with van der Waals surface area (Å²) >= 11 is 0. The highest BCUT2D eigenvalue weighted by molar-refractivity contribution is 7.45. The lowest BCUT2D eigenvalue weighted by Crippen LogP contribution is -2.37. The number of quaternary nitrogens is 1. The Balaban J connectivity index is 4.29. The van der Waals surface area contributed by atoms with Crippen LogP contribution in [0.1, 0.15) is 206 Å². The van der Waals surface area contributed by atoms with E-state index in [1.165, 1.54) is 77.0 Å². The molecule has 0 heterocycles. The van der Waals surface area contributed by atoms with E-state index in [4.69, 9.17) is 18.5 Å². The summed E-state index contributed by atoms with van der Waals surface area (Å²) in [7, 11) is 1.13. The van der Waals surface area contributed by atoms with Gasteiger partial charge in [0.05, 0.1) is 27.7 Å². The van der Waals surface area contributed by atoms with E-state index in [9.17, 15) is 19.0 Å². The Morgan fingerprint density at radius 3 is 1.21 bits per heavy atom. The van der Waals surface area contributed by atoms with Gasteiger partial charge in [-0.1, -0.05) is 220 Å². The molecule has 0 aliphatic carbocycles. The lowest BCUT2D eigenvalue weighted by Gasteiger charge is -2.28. The van der Waals surface area contributed by atoms with Crippen molar-refractivity contribution in [2.24, 2.45) is 0 Å². The van der Waals surface area contributed by atoms with Crippen LogP contribution in [0.3, 0.4) is 0 Å². The van der Waals surface area contributed by atoms with E-state index in [2.05, 4.69) is 123 Å². The van der Waals surface area contributed by atoms with Crippen molar-refractivity contribution in [3.05, 3.63) is 109 Å². The molecule has 0 bridgehead atoms. The maximum atomic E-state index is 12.8. The Morgan fingerprint density at radius 1 is 0.457 bits per heavy atom. The molecule has 2 unspecified atom stereocenters. The van der Waals surface area contributed by atoms with Crippen LogP contribution in [0.25, 0.3) is 0 Å². The summed E-state index contributed by atoms with van der Waals surface area (Å²) in [6.07, 6.45) is 69.9. The third-order valence-electron chi connectivity index (χ3n) is 11.3. The van der Waals surface area contributed by atoms with E-state index in [1.54, 1.807) is 0 Å². The topological polar surface area (TPSA) is 111 Å². The van der Waals surface area contributed by atoms with Crippen molar-refractivity contribution < 1.29 is 42.1 Å². The van der Waals surface area contributed by atoms with Crippen LogP contribution in [0.2, 0.25) is 0 Å². The first-order valence-electron chi connectivity index (χ1n) is 27.6. The van der Waals surface area contributed by atoms with Crippen LogP contribution in [0.4, 0.5) is 0 Å². The molecule has 0 fully saturated rings. The van der Waals surface area contributed by atoms with Gasteiger partial charge in [0, 0.05) is 12.8 Å². The average Bonchev–Trinajstić information content (AvgIpc) is 3.32. The first-order valence-corrected chi connectivity index (χ1v) is 29.1. The largest absolute Gasteiger partial charge is 0.756 e. The molecule has 0 aromatic carbocycles. The van der Waals surface area contributed by atoms with Crippen molar-refractivity contribution in [3.63, 3.8) is 0 Å². The lowest BCUT2D eigenvalue weighted by atomic mass is 10.0. The summed E-state index contributed by atoms with van der Waals surface area (Å²) in [6, 6.07) is 0. The smallest absolute Gasteiger partial charge is 0.306 e. The number of allylic oxidation sites excluding steroid dienone is 18. The highest BCUT2D eigenvalue weighted by Gasteiger charge is 2.21. The van der Waals surface area contributed by atoms with Gasteiger partial charge < -0.3 is 27.9 Å². The molecule has 0 aliphatic heterocycles. The fraction of sp³-hybridized carbons (Fsp3) is 0.667. The molecule has 0 spiro atoms. The Morgan fingerprint density at radius 2 is 0.814 bits per heavy atom. The first kappa shape index (κ1) is 66.7. The first-order chi connectivity index (χ1) is 34.0.